The Morgan fingerprint density at radius 2 is 1.50 bits per heavy atom. The molecule has 0 aliphatic carbocycles. The average Bonchev–Trinajstić information content (AvgIpc) is 1.35. The first kappa shape index (κ1) is 6.31. The summed E-state index contributed by atoms with van der Waals surface area (Å²) >= 11 is 1.47. The van der Waals surface area contributed by atoms with E-state index < -0.39 is 11.5 Å². The Hall–Kier alpha value is 0.309. The summed E-state index contributed by atoms with van der Waals surface area (Å²) in [6.45, 7) is 0. The van der Waals surface area contributed by atoms with E-state index in [0.717, 1.165) is 0 Å². The van der Waals surface area contributed by atoms with Crippen molar-refractivity contribution in [3.63, 3.8) is 0 Å². The minimum atomic E-state index is -3.99. The van der Waals surface area contributed by atoms with Crippen molar-refractivity contribution in [3.8, 4) is 0 Å². The van der Waals surface area contributed by atoms with Crippen LogP contribution in [0.15, 0.2) is 0 Å². The second-order valence-corrected chi connectivity index (χ2v) is 1.44. The molecule has 0 spiro atoms. The van der Waals surface area contributed by atoms with Gasteiger partial charge in [-0.3, -0.25) is 0 Å². The SMILES string of the molecule is FC(F)(F)C[SeH]. The molecule has 0 saturated heterocycles. The van der Waals surface area contributed by atoms with Crippen LogP contribution in [0, 0.1) is 0 Å². The number of hydrogen-bond donors (Lipinski definition) is 0. The monoisotopic (exact) mass is 164 g/mol. The van der Waals surface area contributed by atoms with Crippen LogP contribution in [0.4, 0.5) is 13.2 Å². The van der Waals surface area contributed by atoms with Crippen LogP contribution < -0.4 is 0 Å². The average molecular weight is 163 g/mol. The maximum atomic E-state index is 10.8. The Kier molecular flexibility index (Phi) is 1.94. The second kappa shape index (κ2) is 1.85. The van der Waals surface area contributed by atoms with E-state index in [1.54, 1.807) is 0 Å². The van der Waals surface area contributed by atoms with Gasteiger partial charge in [-0.05, 0) is 0 Å². The molecule has 0 aromatic carbocycles. The molecule has 0 heterocycles. The number of hydrogen-bond acceptors (Lipinski definition) is 0. The summed E-state index contributed by atoms with van der Waals surface area (Å²) in [5.41, 5.74) is 0. The van der Waals surface area contributed by atoms with Crippen LogP contribution in [0.3, 0.4) is 0 Å². The fraction of sp³-hybridized carbons (Fsp3) is 1.00. The van der Waals surface area contributed by atoms with Gasteiger partial charge in [0.25, 0.3) is 0 Å². The van der Waals surface area contributed by atoms with Gasteiger partial charge >= 0.3 is 40.7 Å². The molecule has 0 aromatic rings. The zero-order valence-electron chi connectivity index (χ0n) is 2.79. The van der Waals surface area contributed by atoms with E-state index in [9.17, 15) is 13.2 Å². The van der Waals surface area contributed by atoms with Crippen molar-refractivity contribution < 1.29 is 13.2 Å². The molecule has 0 radical (unpaired) electrons. The fourth-order valence-electron chi connectivity index (χ4n) is 0. The van der Waals surface area contributed by atoms with Crippen LogP contribution >= 0.6 is 0 Å². The van der Waals surface area contributed by atoms with Gasteiger partial charge in [0, 0.05) is 0 Å². The van der Waals surface area contributed by atoms with E-state index in [0.29, 0.717) is 0 Å². The topological polar surface area (TPSA) is 0 Å². The number of rotatable bonds is 0. The molecule has 0 aliphatic rings. The van der Waals surface area contributed by atoms with Gasteiger partial charge < -0.3 is 0 Å². The van der Waals surface area contributed by atoms with E-state index in [1.807, 2.05) is 0 Å². The molecule has 0 saturated carbocycles. The fourth-order valence-corrected chi connectivity index (χ4v) is 0. The van der Waals surface area contributed by atoms with Crippen molar-refractivity contribution in [3.05, 3.63) is 0 Å². The summed E-state index contributed by atoms with van der Waals surface area (Å²) in [6.07, 6.45) is -3.99. The standard InChI is InChI=1S/C2H3F3Se/c3-2(4,5)1-6/h6H,1H2. The molecule has 0 fully saturated rings. The third-order valence-corrected chi connectivity index (χ3v) is 0.932. The first-order valence-electron chi connectivity index (χ1n) is 1.24. The third-order valence-electron chi connectivity index (χ3n) is 0.179. The van der Waals surface area contributed by atoms with Crippen LogP contribution in [0.5, 0.6) is 0 Å². The Bertz CT molecular complexity index is 38.5. The summed E-state index contributed by atoms with van der Waals surface area (Å²) in [7, 11) is 0. The Labute approximate surface area is 41.5 Å². The van der Waals surface area contributed by atoms with E-state index in [1.165, 1.54) is 16.0 Å². The molecule has 0 aromatic heterocycles. The second-order valence-electron chi connectivity index (χ2n) is 0.773. The van der Waals surface area contributed by atoms with Crippen molar-refractivity contribution >= 4 is 16.0 Å². The van der Waals surface area contributed by atoms with Crippen LogP contribution in [0.25, 0.3) is 0 Å². The molecule has 0 bridgehead atoms. The predicted molar refractivity (Wildman–Crippen MR) is 18.0 cm³/mol. The van der Waals surface area contributed by atoms with Crippen LogP contribution in [-0.2, 0) is 0 Å². The van der Waals surface area contributed by atoms with Gasteiger partial charge in [-0.1, -0.05) is 0 Å². The van der Waals surface area contributed by atoms with Crippen molar-refractivity contribution in [2.45, 2.75) is 11.5 Å². The molecule has 0 nitrogen and oxygen atoms in total. The van der Waals surface area contributed by atoms with Gasteiger partial charge in [0.15, 0.2) is 0 Å². The molecular formula is C2H3F3Se. The van der Waals surface area contributed by atoms with Gasteiger partial charge in [-0.15, -0.1) is 0 Å². The molecule has 0 unspecified atom stereocenters. The Morgan fingerprint density at radius 3 is 1.50 bits per heavy atom. The number of halogens is 3. The van der Waals surface area contributed by atoms with Gasteiger partial charge in [-0.25, -0.2) is 0 Å². The molecule has 6 heavy (non-hydrogen) atoms. The molecule has 0 rings (SSSR count). The Morgan fingerprint density at radius 1 is 1.33 bits per heavy atom. The van der Waals surface area contributed by atoms with E-state index in [2.05, 4.69) is 0 Å². The predicted octanol–water partition coefficient (Wildman–Crippen LogP) is 0.868. The minimum absolute atomic E-state index is 0.792. The summed E-state index contributed by atoms with van der Waals surface area (Å²) in [5, 5.41) is -0.792. The first-order chi connectivity index (χ1) is 2.56. The van der Waals surface area contributed by atoms with Crippen molar-refractivity contribution in [2.24, 2.45) is 0 Å². The van der Waals surface area contributed by atoms with E-state index in [-0.39, 0.29) is 0 Å². The molecule has 4 heteroatoms. The molecule has 0 aliphatic heterocycles. The quantitative estimate of drug-likeness (QED) is 0.464. The molecular weight excluding hydrogens is 160 g/mol. The summed E-state index contributed by atoms with van der Waals surface area (Å²) in [4.78, 5) is 0. The van der Waals surface area contributed by atoms with Gasteiger partial charge in [0.2, 0.25) is 0 Å². The number of alkyl halides is 3. The van der Waals surface area contributed by atoms with Gasteiger partial charge in [0.05, 0.1) is 0 Å². The van der Waals surface area contributed by atoms with Crippen LogP contribution in [-0.4, -0.2) is 22.2 Å². The molecule has 0 amide bonds. The van der Waals surface area contributed by atoms with Gasteiger partial charge in [0.1, 0.15) is 0 Å². The van der Waals surface area contributed by atoms with Crippen LogP contribution in [0.2, 0.25) is 5.32 Å². The summed E-state index contributed by atoms with van der Waals surface area (Å²) in [6, 6.07) is 0. The zero-order chi connectivity index (χ0) is 5.21. The first-order valence-corrected chi connectivity index (χ1v) is 2.56. The molecule has 0 N–H and O–H groups in total. The van der Waals surface area contributed by atoms with Crippen molar-refractivity contribution in [2.75, 3.05) is 0 Å². The zero-order valence-corrected chi connectivity index (χ0v) is 4.66. The Balaban J connectivity index is 3.17. The van der Waals surface area contributed by atoms with Gasteiger partial charge in [-0.2, -0.15) is 0 Å². The van der Waals surface area contributed by atoms with E-state index >= 15 is 0 Å². The third kappa shape index (κ3) is 4.31. The maximum absolute atomic E-state index is 10.8. The molecule has 38 valence electrons. The summed E-state index contributed by atoms with van der Waals surface area (Å²) in [5.74, 6) is 0. The summed E-state index contributed by atoms with van der Waals surface area (Å²) < 4.78 is 32.3. The molecule has 0 atom stereocenters. The van der Waals surface area contributed by atoms with Crippen LogP contribution in [0.1, 0.15) is 0 Å². The normalized spacial score (nSPS) is 12.0. The van der Waals surface area contributed by atoms with E-state index in [4.69, 9.17) is 0 Å². The van der Waals surface area contributed by atoms with Crippen molar-refractivity contribution in [1.29, 1.82) is 0 Å². The van der Waals surface area contributed by atoms with Crippen molar-refractivity contribution in [1.82, 2.24) is 0 Å².